The first-order chi connectivity index (χ1) is 4.91. The molecule has 0 atom stereocenters. The van der Waals surface area contributed by atoms with E-state index in [0.29, 0.717) is 6.61 Å². The largest absolute Gasteiger partial charge is 0.383 e. The molecule has 0 fully saturated rings. The molecule has 5 heteroatoms. The number of ether oxygens (including phenoxy) is 1. The van der Waals surface area contributed by atoms with Gasteiger partial charge in [-0.05, 0) is 0 Å². The summed E-state index contributed by atoms with van der Waals surface area (Å²) in [5.41, 5.74) is 0. The summed E-state index contributed by atoms with van der Waals surface area (Å²) in [7, 11) is 1.68. The van der Waals surface area contributed by atoms with Crippen LogP contribution < -0.4 is 5.32 Å². The van der Waals surface area contributed by atoms with Gasteiger partial charge in [0, 0.05) is 20.2 Å². The Morgan fingerprint density at radius 1 is 1.40 bits per heavy atom. The standard InChI is InChI=1S/C5H13NO2S2/c1-7-4-2-6-3-5-8-10-9/h6,9H,2-5H2,1H3. The predicted molar refractivity (Wildman–Crippen MR) is 47.3 cm³/mol. The maximum atomic E-state index is 4.89. The van der Waals surface area contributed by atoms with Crippen LogP contribution in [0, 0.1) is 0 Å². The van der Waals surface area contributed by atoms with Crippen LogP contribution in [0.25, 0.3) is 0 Å². The van der Waals surface area contributed by atoms with Crippen LogP contribution in [-0.4, -0.2) is 33.4 Å². The molecule has 0 saturated carbocycles. The fraction of sp³-hybridized carbons (Fsp3) is 1.00. The summed E-state index contributed by atoms with van der Waals surface area (Å²) in [6.07, 6.45) is 0. The van der Waals surface area contributed by atoms with E-state index in [4.69, 9.17) is 8.92 Å². The quantitative estimate of drug-likeness (QED) is 0.264. The minimum atomic E-state index is 0.678. The highest BCUT2D eigenvalue weighted by molar-refractivity contribution is 8.66. The van der Waals surface area contributed by atoms with Gasteiger partial charge in [-0.15, -0.1) is 0 Å². The molecule has 0 saturated heterocycles. The topological polar surface area (TPSA) is 30.5 Å². The molecule has 3 nitrogen and oxygen atoms in total. The average molecular weight is 183 g/mol. The highest BCUT2D eigenvalue weighted by Gasteiger charge is 1.85. The minimum Gasteiger partial charge on any atom is -0.383 e. The molecule has 0 bridgehead atoms. The fourth-order valence-electron chi connectivity index (χ4n) is 0.450. The number of hydrogen-bond acceptors (Lipinski definition) is 5. The van der Waals surface area contributed by atoms with Gasteiger partial charge >= 0.3 is 0 Å². The summed E-state index contributed by atoms with van der Waals surface area (Å²) in [6.45, 7) is 3.14. The Morgan fingerprint density at radius 2 is 2.10 bits per heavy atom. The van der Waals surface area contributed by atoms with E-state index in [-0.39, 0.29) is 0 Å². The second kappa shape index (κ2) is 9.58. The normalized spacial score (nSPS) is 10.2. The van der Waals surface area contributed by atoms with Crippen LogP contribution in [-0.2, 0) is 8.92 Å². The Kier molecular flexibility index (Phi) is 10.1. The first-order valence-electron chi connectivity index (χ1n) is 3.04. The van der Waals surface area contributed by atoms with E-state index < -0.39 is 0 Å². The summed E-state index contributed by atoms with van der Waals surface area (Å²) >= 11 is 4.89. The molecular formula is C5H13NO2S2. The predicted octanol–water partition coefficient (Wildman–Crippen LogP) is 0.732. The maximum Gasteiger partial charge on any atom is 0.0748 e. The Hall–Kier alpha value is 0.580. The summed E-state index contributed by atoms with van der Waals surface area (Å²) in [4.78, 5) is 0. The van der Waals surface area contributed by atoms with Gasteiger partial charge in [-0.3, -0.25) is 0 Å². The van der Waals surface area contributed by atoms with Crippen molar-refractivity contribution < 1.29 is 8.92 Å². The number of rotatable bonds is 7. The first kappa shape index (κ1) is 10.6. The van der Waals surface area contributed by atoms with E-state index in [1.807, 2.05) is 0 Å². The highest BCUT2D eigenvalue weighted by atomic mass is 33.1. The number of thiol groups is 1. The van der Waals surface area contributed by atoms with Gasteiger partial charge in [0.2, 0.25) is 0 Å². The van der Waals surface area contributed by atoms with Crippen LogP contribution in [0.15, 0.2) is 0 Å². The zero-order valence-electron chi connectivity index (χ0n) is 6.00. The lowest BCUT2D eigenvalue weighted by molar-refractivity contribution is 0.198. The van der Waals surface area contributed by atoms with Crippen LogP contribution in [0.4, 0.5) is 0 Å². The summed E-state index contributed by atoms with van der Waals surface area (Å²) in [5, 5.41) is 3.12. The van der Waals surface area contributed by atoms with Crippen LogP contribution >= 0.6 is 22.7 Å². The summed E-state index contributed by atoms with van der Waals surface area (Å²) in [5.74, 6) is 0. The minimum absolute atomic E-state index is 0.678. The summed E-state index contributed by atoms with van der Waals surface area (Å²) in [6, 6.07) is 0. The van der Waals surface area contributed by atoms with Crippen LogP contribution in [0.3, 0.4) is 0 Å². The molecular weight excluding hydrogens is 170 g/mol. The third kappa shape index (κ3) is 8.58. The van der Waals surface area contributed by atoms with Gasteiger partial charge < -0.3 is 14.2 Å². The third-order valence-electron chi connectivity index (χ3n) is 0.898. The van der Waals surface area contributed by atoms with Crippen molar-refractivity contribution in [2.75, 3.05) is 33.4 Å². The third-order valence-corrected chi connectivity index (χ3v) is 1.49. The molecule has 0 rings (SSSR count). The van der Waals surface area contributed by atoms with E-state index in [2.05, 4.69) is 17.0 Å². The Bertz CT molecular complexity index is 57.6. The molecule has 0 aliphatic heterocycles. The van der Waals surface area contributed by atoms with E-state index in [0.717, 1.165) is 30.8 Å². The van der Waals surface area contributed by atoms with Crippen LogP contribution in [0.2, 0.25) is 0 Å². The lowest BCUT2D eigenvalue weighted by Gasteiger charge is -2.01. The van der Waals surface area contributed by atoms with Crippen molar-refractivity contribution in [1.82, 2.24) is 5.32 Å². The molecule has 0 aliphatic rings. The van der Waals surface area contributed by atoms with Gasteiger partial charge in [0.05, 0.1) is 24.3 Å². The Morgan fingerprint density at radius 3 is 2.70 bits per heavy atom. The maximum absolute atomic E-state index is 4.89. The molecule has 0 spiro atoms. The van der Waals surface area contributed by atoms with E-state index in [9.17, 15) is 0 Å². The second-order valence-corrected chi connectivity index (χ2v) is 2.47. The zero-order chi connectivity index (χ0) is 7.66. The molecule has 0 amide bonds. The van der Waals surface area contributed by atoms with E-state index in [1.54, 1.807) is 7.11 Å². The molecule has 0 unspecified atom stereocenters. The van der Waals surface area contributed by atoms with Gasteiger partial charge in [-0.1, -0.05) is 11.7 Å². The fourth-order valence-corrected chi connectivity index (χ4v) is 0.832. The average Bonchev–Trinajstić information content (AvgIpc) is 1.97. The monoisotopic (exact) mass is 183 g/mol. The molecule has 0 aromatic carbocycles. The molecule has 0 aliphatic carbocycles. The molecule has 0 aromatic rings. The zero-order valence-corrected chi connectivity index (χ0v) is 7.71. The molecule has 0 aromatic heterocycles. The highest BCUT2D eigenvalue weighted by Crippen LogP contribution is 2.04. The Labute approximate surface area is 70.9 Å². The molecule has 1 N–H and O–H groups in total. The van der Waals surface area contributed by atoms with Gasteiger partial charge in [0.25, 0.3) is 0 Å². The van der Waals surface area contributed by atoms with Crippen molar-refractivity contribution in [1.29, 1.82) is 0 Å². The number of hydrogen-bond donors (Lipinski definition) is 2. The molecule has 0 heterocycles. The van der Waals surface area contributed by atoms with Crippen molar-refractivity contribution in [2.45, 2.75) is 0 Å². The molecule has 62 valence electrons. The summed E-state index contributed by atoms with van der Waals surface area (Å²) < 4.78 is 9.72. The Balaban J connectivity index is 2.65. The van der Waals surface area contributed by atoms with Crippen molar-refractivity contribution in [2.24, 2.45) is 0 Å². The first-order valence-corrected chi connectivity index (χ1v) is 4.84. The van der Waals surface area contributed by atoms with Gasteiger partial charge in [0.15, 0.2) is 0 Å². The second-order valence-electron chi connectivity index (χ2n) is 1.64. The smallest absolute Gasteiger partial charge is 0.0748 e. The lowest BCUT2D eigenvalue weighted by atomic mass is 10.6. The van der Waals surface area contributed by atoms with E-state index in [1.165, 1.54) is 0 Å². The SMILES string of the molecule is COCCNCCOSS. The van der Waals surface area contributed by atoms with Crippen molar-refractivity contribution in [3.63, 3.8) is 0 Å². The molecule has 0 radical (unpaired) electrons. The number of nitrogens with one attached hydrogen (secondary N) is 1. The van der Waals surface area contributed by atoms with Gasteiger partial charge in [-0.2, -0.15) is 0 Å². The van der Waals surface area contributed by atoms with Gasteiger partial charge in [-0.25, -0.2) is 0 Å². The molecule has 10 heavy (non-hydrogen) atoms. The van der Waals surface area contributed by atoms with Crippen molar-refractivity contribution in [3.8, 4) is 0 Å². The van der Waals surface area contributed by atoms with E-state index >= 15 is 0 Å². The van der Waals surface area contributed by atoms with Crippen LogP contribution in [0.1, 0.15) is 0 Å². The van der Waals surface area contributed by atoms with Crippen molar-refractivity contribution in [3.05, 3.63) is 0 Å². The van der Waals surface area contributed by atoms with Gasteiger partial charge in [0.1, 0.15) is 0 Å². The lowest BCUT2D eigenvalue weighted by Crippen LogP contribution is -2.22. The number of methoxy groups -OCH3 is 1. The van der Waals surface area contributed by atoms with Crippen LogP contribution in [0.5, 0.6) is 0 Å². The van der Waals surface area contributed by atoms with Crippen molar-refractivity contribution >= 4 is 22.7 Å².